The maximum atomic E-state index is 12.1. The Labute approximate surface area is 150 Å². The van der Waals surface area contributed by atoms with Crippen molar-refractivity contribution in [3.8, 4) is 17.2 Å². The van der Waals surface area contributed by atoms with Crippen LogP contribution in [0.1, 0.15) is 31.8 Å². The number of methoxy groups -OCH3 is 2. The van der Waals surface area contributed by atoms with Crippen LogP contribution in [0.25, 0.3) is 0 Å². The van der Waals surface area contributed by atoms with Crippen molar-refractivity contribution in [1.29, 1.82) is 0 Å². The van der Waals surface area contributed by atoms with Crippen molar-refractivity contribution in [3.05, 3.63) is 52.6 Å². The predicted octanol–water partition coefficient (Wildman–Crippen LogP) is 2.13. The van der Waals surface area contributed by atoms with Gasteiger partial charge in [-0.1, -0.05) is 12.1 Å². The molecule has 2 aromatic rings. The van der Waals surface area contributed by atoms with Gasteiger partial charge in [0, 0.05) is 6.42 Å². The van der Waals surface area contributed by atoms with Gasteiger partial charge >= 0.3 is 5.97 Å². The van der Waals surface area contributed by atoms with E-state index in [1.165, 1.54) is 13.2 Å². The van der Waals surface area contributed by atoms with Crippen LogP contribution in [0.5, 0.6) is 17.2 Å². The highest BCUT2D eigenvalue weighted by Gasteiger charge is 2.31. The molecule has 0 saturated heterocycles. The Hall–Kier alpha value is -3.06. The van der Waals surface area contributed by atoms with Crippen LogP contribution in [0.4, 0.5) is 0 Å². The van der Waals surface area contributed by atoms with Crippen LogP contribution in [0.3, 0.4) is 0 Å². The van der Waals surface area contributed by atoms with E-state index in [0.717, 1.165) is 5.56 Å². The zero-order valence-corrected chi connectivity index (χ0v) is 14.4. The van der Waals surface area contributed by atoms with Gasteiger partial charge in [-0.25, -0.2) is 4.79 Å². The molecule has 0 saturated carbocycles. The molecule has 0 aliphatic carbocycles. The van der Waals surface area contributed by atoms with Crippen molar-refractivity contribution in [2.24, 2.45) is 0 Å². The molecule has 3 rings (SSSR count). The number of carbonyl (C=O) groups excluding carboxylic acids is 2. The Morgan fingerprint density at radius 3 is 2.77 bits per heavy atom. The minimum Gasteiger partial charge on any atom is -0.497 e. The molecule has 7 nitrogen and oxygen atoms in total. The lowest BCUT2D eigenvalue weighted by molar-refractivity contribution is -0.0688. The molecule has 0 radical (unpaired) electrons. The molecule has 2 aromatic carbocycles. The van der Waals surface area contributed by atoms with Crippen LogP contribution in [0.15, 0.2) is 30.3 Å². The Morgan fingerprint density at radius 1 is 1.27 bits per heavy atom. The quantitative estimate of drug-likeness (QED) is 0.625. The second-order valence-electron chi connectivity index (χ2n) is 5.67. The summed E-state index contributed by atoms with van der Waals surface area (Å²) in [5.74, 6) is 0.429. The van der Waals surface area contributed by atoms with Crippen LogP contribution in [0.2, 0.25) is 0 Å². The van der Waals surface area contributed by atoms with Gasteiger partial charge in [-0.15, -0.1) is 0 Å². The number of fused-ring (bicyclic) bond motifs is 1. The molecule has 0 amide bonds. The second-order valence-corrected chi connectivity index (χ2v) is 5.67. The Bertz CT molecular complexity index is 844. The molecule has 1 unspecified atom stereocenters. The fraction of sp³-hybridized carbons (Fsp3) is 0.263. The van der Waals surface area contributed by atoms with E-state index in [9.17, 15) is 14.7 Å². The van der Waals surface area contributed by atoms with Crippen LogP contribution < -0.4 is 14.2 Å². The third-order valence-electron chi connectivity index (χ3n) is 4.09. The zero-order chi connectivity index (χ0) is 18.7. The van der Waals surface area contributed by atoms with Crippen LogP contribution >= 0.6 is 0 Å². The van der Waals surface area contributed by atoms with E-state index < -0.39 is 12.3 Å². The summed E-state index contributed by atoms with van der Waals surface area (Å²) in [6.45, 7) is 0.183. The van der Waals surface area contributed by atoms with Gasteiger partial charge in [-0.3, -0.25) is 4.79 Å². The smallest absolute Gasteiger partial charge is 0.340 e. The SMILES string of the molecule is COc1cccc(COc2cc3c(c(C=O)c2OC)CC(O)OC3=O)c1. The normalized spacial score (nSPS) is 15.7. The molecule has 1 N–H and O–H groups in total. The highest BCUT2D eigenvalue weighted by atomic mass is 16.6. The summed E-state index contributed by atoms with van der Waals surface area (Å²) in [4.78, 5) is 23.7. The van der Waals surface area contributed by atoms with E-state index in [4.69, 9.17) is 18.9 Å². The largest absolute Gasteiger partial charge is 0.497 e. The lowest BCUT2D eigenvalue weighted by Gasteiger charge is -2.24. The van der Waals surface area contributed by atoms with Gasteiger partial charge in [0.05, 0.1) is 25.3 Å². The number of benzene rings is 2. The topological polar surface area (TPSA) is 91.3 Å². The van der Waals surface area contributed by atoms with Gasteiger partial charge in [-0.05, 0) is 29.3 Å². The first kappa shape index (κ1) is 17.8. The van der Waals surface area contributed by atoms with Crippen LogP contribution in [0, 0.1) is 0 Å². The fourth-order valence-electron chi connectivity index (χ4n) is 2.87. The number of esters is 1. The molecule has 7 heteroatoms. The number of aliphatic hydroxyl groups is 1. The molecule has 1 heterocycles. The number of carbonyl (C=O) groups is 2. The molecule has 0 fully saturated rings. The van der Waals surface area contributed by atoms with Gasteiger partial charge in [0.2, 0.25) is 6.29 Å². The van der Waals surface area contributed by atoms with Gasteiger partial charge in [0.1, 0.15) is 12.4 Å². The highest BCUT2D eigenvalue weighted by molar-refractivity contribution is 5.97. The third-order valence-corrected chi connectivity index (χ3v) is 4.09. The number of ether oxygens (including phenoxy) is 4. The number of hydrogen-bond acceptors (Lipinski definition) is 7. The molecule has 1 aliphatic rings. The summed E-state index contributed by atoms with van der Waals surface area (Å²) in [7, 11) is 2.98. The molecule has 136 valence electrons. The van der Waals surface area contributed by atoms with Crippen LogP contribution in [-0.4, -0.2) is 37.9 Å². The maximum absolute atomic E-state index is 12.1. The first-order valence-electron chi connectivity index (χ1n) is 7.91. The highest BCUT2D eigenvalue weighted by Crippen LogP contribution is 2.38. The second kappa shape index (κ2) is 7.45. The van der Waals surface area contributed by atoms with Gasteiger partial charge in [-0.2, -0.15) is 0 Å². The molecule has 1 atom stereocenters. The Kier molecular flexibility index (Phi) is 5.09. The minimum absolute atomic E-state index is 0.0155. The number of aldehydes is 1. The summed E-state index contributed by atoms with van der Waals surface area (Å²) in [5.41, 5.74) is 1.57. The third kappa shape index (κ3) is 3.34. The fourth-order valence-corrected chi connectivity index (χ4v) is 2.87. The lowest BCUT2D eigenvalue weighted by Crippen LogP contribution is -2.28. The molecular formula is C19H18O7. The molecule has 0 spiro atoms. The van der Waals surface area contributed by atoms with E-state index in [-0.39, 0.29) is 35.7 Å². The molecule has 1 aliphatic heterocycles. The summed E-state index contributed by atoms with van der Waals surface area (Å²) in [5, 5.41) is 9.64. The number of cyclic esters (lactones) is 1. The average Bonchev–Trinajstić information content (AvgIpc) is 2.65. The van der Waals surface area contributed by atoms with Gasteiger partial charge in [0.15, 0.2) is 17.8 Å². The number of rotatable bonds is 6. The van der Waals surface area contributed by atoms with Crippen molar-refractivity contribution in [3.63, 3.8) is 0 Å². The van der Waals surface area contributed by atoms with E-state index >= 15 is 0 Å². The van der Waals surface area contributed by atoms with E-state index in [0.29, 0.717) is 17.6 Å². The molecule has 0 bridgehead atoms. The maximum Gasteiger partial charge on any atom is 0.340 e. The zero-order valence-electron chi connectivity index (χ0n) is 14.4. The minimum atomic E-state index is -1.29. The van der Waals surface area contributed by atoms with Gasteiger partial charge < -0.3 is 24.1 Å². The first-order chi connectivity index (χ1) is 12.6. The van der Waals surface area contributed by atoms with Crippen molar-refractivity contribution >= 4 is 12.3 Å². The van der Waals surface area contributed by atoms with E-state index in [2.05, 4.69) is 0 Å². The van der Waals surface area contributed by atoms with E-state index in [1.807, 2.05) is 24.3 Å². The molecule has 0 aromatic heterocycles. The van der Waals surface area contributed by atoms with Gasteiger partial charge in [0.25, 0.3) is 0 Å². The van der Waals surface area contributed by atoms with Crippen molar-refractivity contribution in [2.45, 2.75) is 19.3 Å². The first-order valence-corrected chi connectivity index (χ1v) is 7.91. The number of aliphatic hydroxyl groups excluding tert-OH is 1. The van der Waals surface area contributed by atoms with Crippen molar-refractivity contribution < 1.29 is 33.6 Å². The lowest BCUT2D eigenvalue weighted by atomic mass is 9.95. The predicted molar refractivity (Wildman–Crippen MR) is 90.8 cm³/mol. The van der Waals surface area contributed by atoms with Crippen molar-refractivity contribution in [2.75, 3.05) is 14.2 Å². The summed E-state index contributed by atoms with van der Waals surface area (Å²) in [6, 6.07) is 8.79. The molecular weight excluding hydrogens is 340 g/mol. The van der Waals surface area contributed by atoms with Crippen LogP contribution in [-0.2, 0) is 17.8 Å². The standard InChI is InChI=1S/C19H18O7/c1-23-12-5-3-4-11(6-12)10-25-16-7-14-13(8-17(21)26-19(14)22)15(9-20)18(16)24-2/h3-7,9,17,21H,8,10H2,1-2H3. The van der Waals surface area contributed by atoms with E-state index in [1.54, 1.807) is 7.11 Å². The summed E-state index contributed by atoms with van der Waals surface area (Å²) in [6.07, 6.45) is -0.690. The van der Waals surface area contributed by atoms with Crippen molar-refractivity contribution in [1.82, 2.24) is 0 Å². The summed E-state index contributed by atoms with van der Waals surface area (Å²) < 4.78 is 21.1. The average molecular weight is 358 g/mol. The Morgan fingerprint density at radius 2 is 2.08 bits per heavy atom. The Balaban J connectivity index is 1.97. The summed E-state index contributed by atoms with van der Waals surface area (Å²) >= 11 is 0. The number of hydrogen-bond donors (Lipinski definition) is 1. The molecule has 26 heavy (non-hydrogen) atoms. The monoisotopic (exact) mass is 358 g/mol.